The predicted octanol–water partition coefficient (Wildman–Crippen LogP) is 3.39. The van der Waals surface area contributed by atoms with Crippen molar-refractivity contribution in [1.29, 1.82) is 0 Å². The van der Waals surface area contributed by atoms with E-state index in [0.717, 1.165) is 21.8 Å². The number of H-pyrrole nitrogens is 1. The Bertz CT molecular complexity index is 510. The van der Waals surface area contributed by atoms with E-state index in [2.05, 4.69) is 25.8 Å². The Balaban J connectivity index is 2.41. The summed E-state index contributed by atoms with van der Waals surface area (Å²) in [6.45, 7) is 8.23. The molecule has 2 rings (SSSR count). The molecule has 0 saturated heterocycles. The summed E-state index contributed by atoms with van der Waals surface area (Å²) in [6.07, 6.45) is -0.522. The first kappa shape index (κ1) is 11.4. The third-order valence-corrected chi connectivity index (χ3v) is 4.21. The maximum absolute atomic E-state index is 10.3. The molecule has 0 aromatic carbocycles. The Kier molecular flexibility index (Phi) is 2.91. The molecule has 0 amide bonds. The number of hydrogen-bond acceptors (Lipinski definition) is 2. The van der Waals surface area contributed by atoms with Gasteiger partial charge in [-0.1, -0.05) is 0 Å². The maximum Gasteiger partial charge on any atom is 0.128 e. The molecule has 2 N–H and O–H groups in total. The van der Waals surface area contributed by atoms with Gasteiger partial charge in [0.25, 0.3) is 0 Å². The Hall–Kier alpha value is -1.06. The number of aliphatic hydroxyl groups is 1. The fraction of sp³-hybridized carbons (Fsp3) is 0.385. The third-order valence-electron chi connectivity index (χ3n) is 3.16. The molecule has 1 unspecified atom stereocenters. The quantitative estimate of drug-likeness (QED) is 0.822. The van der Waals surface area contributed by atoms with Crippen LogP contribution in [0.4, 0.5) is 0 Å². The first-order chi connectivity index (χ1) is 7.50. The van der Waals surface area contributed by atoms with Crippen molar-refractivity contribution in [1.82, 2.24) is 4.98 Å². The van der Waals surface area contributed by atoms with Crippen molar-refractivity contribution in [3.63, 3.8) is 0 Å². The molecule has 0 bridgehead atoms. The van der Waals surface area contributed by atoms with E-state index in [9.17, 15) is 5.11 Å². The highest BCUT2D eigenvalue weighted by molar-refractivity contribution is 7.12. The normalized spacial score (nSPS) is 13.1. The van der Waals surface area contributed by atoms with Gasteiger partial charge in [-0.25, -0.2) is 0 Å². The first-order valence-electron chi connectivity index (χ1n) is 5.40. The van der Waals surface area contributed by atoms with Gasteiger partial charge < -0.3 is 10.1 Å². The number of rotatable bonds is 2. The SMILES string of the molecule is Cc1ccc(C(O)c2[nH]c(C)c(C)c2C)s1. The zero-order valence-corrected chi connectivity index (χ0v) is 10.9. The van der Waals surface area contributed by atoms with Crippen LogP contribution >= 0.6 is 11.3 Å². The van der Waals surface area contributed by atoms with Crippen LogP contribution in [0, 0.1) is 27.7 Å². The van der Waals surface area contributed by atoms with Crippen LogP contribution in [0.5, 0.6) is 0 Å². The molecule has 1 atom stereocenters. The number of aliphatic hydroxyl groups excluding tert-OH is 1. The van der Waals surface area contributed by atoms with Crippen LogP contribution in [-0.4, -0.2) is 10.1 Å². The fourth-order valence-electron chi connectivity index (χ4n) is 1.89. The molecule has 0 aliphatic heterocycles. The molecule has 0 fully saturated rings. The minimum atomic E-state index is -0.522. The molecule has 0 spiro atoms. The Morgan fingerprint density at radius 3 is 2.25 bits per heavy atom. The predicted molar refractivity (Wildman–Crippen MR) is 68.1 cm³/mol. The van der Waals surface area contributed by atoms with Gasteiger partial charge in [-0.2, -0.15) is 0 Å². The summed E-state index contributed by atoms with van der Waals surface area (Å²) < 4.78 is 0. The zero-order chi connectivity index (χ0) is 11.9. The minimum Gasteiger partial charge on any atom is -0.381 e. The Morgan fingerprint density at radius 1 is 1.12 bits per heavy atom. The second kappa shape index (κ2) is 4.07. The lowest BCUT2D eigenvalue weighted by Crippen LogP contribution is -1.99. The number of aryl methyl sites for hydroxylation is 2. The Morgan fingerprint density at radius 2 is 1.81 bits per heavy atom. The first-order valence-corrected chi connectivity index (χ1v) is 6.22. The molecule has 0 aliphatic rings. The van der Waals surface area contributed by atoms with Gasteiger partial charge in [0, 0.05) is 15.4 Å². The van der Waals surface area contributed by atoms with Crippen LogP contribution in [0.15, 0.2) is 12.1 Å². The summed E-state index contributed by atoms with van der Waals surface area (Å²) in [6, 6.07) is 4.04. The van der Waals surface area contributed by atoms with E-state index in [1.807, 2.05) is 19.1 Å². The van der Waals surface area contributed by atoms with E-state index < -0.39 is 6.10 Å². The van der Waals surface area contributed by atoms with Gasteiger partial charge in [0.1, 0.15) is 6.10 Å². The smallest absolute Gasteiger partial charge is 0.128 e. The average Bonchev–Trinajstić information content (AvgIpc) is 2.78. The highest BCUT2D eigenvalue weighted by Crippen LogP contribution is 2.31. The van der Waals surface area contributed by atoms with Crippen molar-refractivity contribution in [2.75, 3.05) is 0 Å². The molecule has 2 aromatic heterocycles. The summed E-state index contributed by atoms with van der Waals surface area (Å²) >= 11 is 1.64. The summed E-state index contributed by atoms with van der Waals surface area (Å²) in [7, 11) is 0. The molecular weight excluding hydrogens is 218 g/mol. The van der Waals surface area contributed by atoms with Gasteiger partial charge in [-0.05, 0) is 51.0 Å². The van der Waals surface area contributed by atoms with Gasteiger partial charge in [0.2, 0.25) is 0 Å². The molecule has 2 heterocycles. The standard InChI is InChI=1S/C13H17NOS/c1-7-5-6-11(16-7)13(15)12-9(3)8(2)10(4)14-12/h5-6,13-15H,1-4H3. The van der Waals surface area contributed by atoms with Crippen LogP contribution in [0.25, 0.3) is 0 Å². The monoisotopic (exact) mass is 235 g/mol. The van der Waals surface area contributed by atoms with Crippen LogP contribution in [0.3, 0.4) is 0 Å². The number of nitrogens with one attached hydrogen (secondary N) is 1. The topological polar surface area (TPSA) is 36.0 Å². The van der Waals surface area contributed by atoms with Crippen molar-refractivity contribution in [3.8, 4) is 0 Å². The van der Waals surface area contributed by atoms with E-state index in [1.165, 1.54) is 10.4 Å². The van der Waals surface area contributed by atoms with Crippen molar-refractivity contribution in [2.24, 2.45) is 0 Å². The lowest BCUT2D eigenvalue weighted by atomic mass is 10.1. The van der Waals surface area contributed by atoms with E-state index in [4.69, 9.17) is 0 Å². The van der Waals surface area contributed by atoms with Crippen molar-refractivity contribution < 1.29 is 5.11 Å². The van der Waals surface area contributed by atoms with E-state index >= 15 is 0 Å². The number of aromatic nitrogens is 1. The van der Waals surface area contributed by atoms with Crippen molar-refractivity contribution in [2.45, 2.75) is 33.8 Å². The summed E-state index contributed by atoms with van der Waals surface area (Å²) in [5.74, 6) is 0. The third kappa shape index (κ3) is 1.81. The van der Waals surface area contributed by atoms with Crippen LogP contribution < -0.4 is 0 Å². The van der Waals surface area contributed by atoms with Crippen molar-refractivity contribution >= 4 is 11.3 Å². The number of aromatic amines is 1. The van der Waals surface area contributed by atoms with Crippen LogP contribution in [0.2, 0.25) is 0 Å². The summed E-state index contributed by atoms with van der Waals surface area (Å²) in [5.41, 5.74) is 4.47. The summed E-state index contributed by atoms with van der Waals surface area (Å²) in [4.78, 5) is 5.51. The molecule has 2 nitrogen and oxygen atoms in total. The van der Waals surface area contributed by atoms with Crippen molar-refractivity contribution in [3.05, 3.63) is 44.4 Å². The van der Waals surface area contributed by atoms with Gasteiger partial charge in [0.05, 0.1) is 5.69 Å². The van der Waals surface area contributed by atoms with E-state index in [-0.39, 0.29) is 0 Å². The highest BCUT2D eigenvalue weighted by Gasteiger charge is 2.18. The molecule has 0 radical (unpaired) electrons. The summed E-state index contributed by atoms with van der Waals surface area (Å²) in [5, 5.41) is 10.3. The zero-order valence-electron chi connectivity index (χ0n) is 10.1. The molecule has 86 valence electrons. The van der Waals surface area contributed by atoms with Gasteiger partial charge >= 0.3 is 0 Å². The average molecular weight is 235 g/mol. The molecule has 3 heteroatoms. The molecule has 0 aliphatic carbocycles. The van der Waals surface area contributed by atoms with E-state index in [1.54, 1.807) is 11.3 Å². The lowest BCUT2D eigenvalue weighted by molar-refractivity contribution is 0.219. The minimum absolute atomic E-state index is 0.522. The molecule has 16 heavy (non-hydrogen) atoms. The maximum atomic E-state index is 10.3. The molecular formula is C13H17NOS. The largest absolute Gasteiger partial charge is 0.381 e. The fourth-order valence-corrected chi connectivity index (χ4v) is 2.76. The van der Waals surface area contributed by atoms with Gasteiger partial charge in [0.15, 0.2) is 0 Å². The van der Waals surface area contributed by atoms with Crippen LogP contribution in [0.1, 0.15) is 38.4 Å². The number of thiophene rings is 1. The van der Waals surface area contributed by atoms with Gasteiger partial charge in [-0.3, -0.25) is 0 Å². The second-order valence-electron chi connectivity index (χ2n) is 4.26. The molecule has 0 saturated carbocycles. The van der Waals surface area contributed by atoms with E-state index in [0.29, 0.717) is 0 Å². The number of hydrogen-bond donors (Lipinski definition) is 2. The highest BCUT2D eigenvalue weighted by atomic mass is 32.1. The second-order valence-corrected chi connectivity index (χ2v) is 5.58. The lowest BCUT2D eigenvalue weighted by Gasteiger charge is -2.08. The van der Waals surface area contributed by atoms with Crippen LogP contribution in [-0.2, 0) is 0 Å². The molecule has 2 aromatic rings. The van der Waals surface area contributed by atoms with Gasteiger partial charge in [-0.15, -0.1) is 11.3 Å². The Labute approximate surface area is 100.0 Å².